The second kappa shape index (κ2) is 6.74. The van der Waals surface area contributed by atoms with Gasteiger partial charge in [-0.1, -0.05) is 12.1 Å². The molecule has 1 saturated carbocycles. The van der Waals surface area contributed by atoms with Gasteiger partial charge in [0.15, 0.2) is 0 Å². The van der Waals surface area contributed by atoms with Gasteiger partial charge in [-0.3, -0.25) is 4.39 Å². The number of rotatable bonds is 5. The molecule has 2 rings (SSSR count). The van der Waals surface area contributed by atoms with Crippen molar-refractivity contribution in [2.75, 3.05) is 13.3 Å². The largest absolute Gasteiger partial charge is 0.494 e. The topological polar surface area (TPSA) is 29.5 Å². The van der Waals surface area contributed by atoms with Gasteiger partial charge in [-0.25, -0.2) is 0 Å². The first-order valence-corrected chi connectivity index (χ1v) is 6.76. The first-order valence-electron chi connectivity index (χ1n) is 6.76. The Morgan fingerprint density at radius 2 is 1.78 bits per heavy atom. The van der Waals surface area contributed by atoms with Crippen molar-refractivity contribution in [3.63, 3.8) is 0 Å². The fourth-order valence-electron chi connectivity index (χ4n) is 2.49. The third-order valence-electron chi connectivity index (χ3n) is 3.59. The second-order valence-corrected chi connectivity index (χ2v) is 4.97. The van der Waals surface area contributed by atoms with E-state index in [0.29, 0.717) is 18.9 Å². The Labute approximate surface area is 108 Å². The Kier molecular flexibility index (Phi) is 5.00. The van der Waals surface area contributed by atoms with E-state index in [2.05, 4.69) is 12.1 Å². The minimum atomic E-state index is -0.331. The van der Waals surface area contributed by atoms with Gasteiger partial charge in [0.05, 0.1) is 19.4 Å². The van der Waals surface area contributed by atoms with Crippen LogP contribution in [0.4, 0.5) is 4.39 Å². The molecule has 0 unspecified atom stereocenters. The number of ether oxygens (including phenoxy) is 1. The molecule has 0 aliphatic heterocycles. The lowest BCUT2D eigenvalue weighted by molar-refractivity contribution is 0.122. The van der Waals surface area contributed by atoms with Gasteiger partial charge < -0.3 is 9.84 Å². The summed E-state index contributed by atoms with van der Waals surface area (Å²) in [5, 5.41) is 9.49. The summed E-state index contributed by atoms with van der Waals surface area (Å²) in [7, 11) is 0. The van der Waals surface area contributed by atoms with E-state index < -0.39 is 0 Å². The molecule has 0 aromatic heterocycles. The number of hydrogen-bond acceptors (Lipinski definition) is 2. The lowest BCUT2D eigenvalue weighted by atomic mass is 9.83. The number of hydrogen-bond donors (Lipinski definition) is 1. The average molecular weight is 252 g/mol. The van der Waals surface area contributed by atoms with E-state index in [1.54, 1.807) is 0 Å². The lowest BCUT2D eigenvalue weighted by Gasteiger charge is -2.25. The van der Waals surface area contributed by atoms with E-state index in [0.717, 1.165) is 31.4 Å². The van der Waals surface area contributed by atoms with Gasteiger partial charge in [0.25, 0.3) is 0 Å². The Morgan fingerprint density at radius 1 is 1.11 bits per heavy atom. The first kappa shape index (κ1) is 13.3. The molecule has 1 aliphatic rings. The summed E-state index contributed by atoms with van der Waals surface area (Å²) in [6.07, 6.45) is 4.26. The molecule has 0 heterocycles. The van der Waals surface area contributed by atoms with Gasteiger partial charge in [0.1, 0.15) is 5.75 Å². The van der Waals surface area contributed by atoms with E-state index >= 15 is 0 Å². The van der Waals surface area contributed by atoms with Crippen LogP contribution in [0.25, 0.3) is 0 Å². The van der Waals surface area contributed by atoms with E-state index in [-0.39, 0.29) is 12.8 Å². The van der Waals surface area contributed by atoms with Gasteiger partial charge in [-0.15, -0.1) is 0 Å². The summed E-state index contributed by atoms with van der Waals surface area (Å²) >= 11 is 0. The van der Waals surface area contributed by atoms with Crippen molar-refractivity contribution < 1.29 is 14.2 Å². The Morgan fingerprint density at radius 3 is 2.39 bits per heavy atom. The second-order valence-electron chi connectivity index (χ2n) is 4.97. The summed E-state index contributed by atoms with van der Waals surface area (Å²) in [5.74, 6) is 1.37. The van der Waals surface area contributed by atoms with Crippen LogP contribution in [0.1, 0.15) is 43.6 Å². The van der Waals surface area contributed by atoms with Crippen molar-refractivity contribution in [3.8, 4) is 5.75 Å². The highest BCUT2D eigenvalue weighted by atomic mass is 19.1. The Bertz CT molecular complexity index is 342. The van der Waals surface area contributed by atoms with Gasteiger partial charge in [0, 0.05) is 6.42 Å². The molecule has 0 saturated heterocycles. The van der Waals surface area contributed by atoms with Gasteiger partial charge >= 0.3 is 0 Å². The summed E-state index contributed by atoms with van der Waals surface area (Å²) in [6.45, 7) is 0.105. The number of alkyl halides is 1. The van der Waals surface area contributed by atoms with E-state index in [9.17, 15) is 9.50 Å². The molecule has 1 aliphatic carbocycles. The van der Waals surface area contributed by atoms with Gasteiger partial charge in [-0.2, -0.15) is 0 Å². The van der Waals surface area contributed by atoms with Crippen molar-refractivity contribution in [2.24, 2.45) is 0 Å². The standard InChI is InChI=1S/C15H21FO2/c16-10-1-11-18-15-8-4-13(5-9-15)12-2-6-14(17)7-3-12/h4-5,8-9,12,14,17H,1-3,6-7,10-11H2. The van der Waals surface area contributed by atoms with Crippen LogP contribution in [-0.4, -0.2) is 24.5 Å². The van der Waals surface area contributed by atoms with Crippen molar-refractivity contribution in [3.05, 3.63) is 29.8 Å². The molecule has 18 heavy (non-hydrogen) atoms. The molecule has 2 nitrogen and oxygen atoms in total. The van der Waals surface area contributed by atoms with Gasteiger partial charge in [-0.05, 0) is 49.3 Å². The van der Waals surface area contributed by atoms with Crippen LogP contribution in [0.15, 0.2) is 24.3 Å². The normalized spacial score (nSPS) is 23.9. The van der Waals surface area contributed by atoms with Crippen LogP contribution in [-0.2, 0) is 0 Å². The predicted molar refractivity (Wildman–Crippen MR) is 69.7 cm³/mol. The monoisotopic (exact) mass is 252 g/mol. The van der Waals surface area contributed by atoms with E-state index in [4.69, 9.17) is 4.74 Å². The lowest BCUT2D eigenvalue weighted by Crippen LogP contribution is -2.16. The zero-order chi connectivity index (χ0) is 12.8. The van der Waals surface area contributed by atoms with Crippen LogP contribution in [0.3, 0.4) is 0 Å². The maximum absolute atomic E-state index is 11.9. The molecule has 1 aromatic rings. The summed E-state index contributed by atoms with van der Waals surface area (Å²) in [4.78, 5) is 0. The highest BCUT2D eigenvalue weighted by Crippen LogP contribution is 2.33. The first-order chi connectivity index (χ1) is 8.79. The van der Waals surface area contributed by atoms with Crippen molar-refractivity contribution in [1.82, 2.24) is 0 Å². The minimum absolute atomic E-state index is 0.107. The molecule has 100 valence electrons. The number of aliphatic hydroxyl groups is 1. The fraction of sp³-hybridized carbons (Fsp3) is 0.600. The highest BCUT2D eigenvalue weighted by Gasteiger charge is 2.20. The summed E-state index contributed by atoms with van der Waals surface area (Å²) in [5.41, 5.74) is 1.32. The highest BCUT2D eigenvalue weighted by molar-refractivity contribution is 5.29. The summed E-state index contributed by atoms with van der Waals surface area (Å²) in [6, 6.07) is 8.09. The van der Waals surface area contributed by atoms with Crippen LogP contribution in [0.2, 0.25) is 0 Å². The number of aliphatic hydroxyl groups excluding tert-OH is 1. The van der Waals surface area contributed by atoms with Crippen LogP contribution in [0, 0.1) is 0 Å². The zero-order valence-corrected chi connectivity index (χ0v) is 10.6. The molecule has 1 fully saturated rings. The van der Waals surface area contributed by atoms with Crippen LogP contribution in [0.5, 0.6) is 5.75 Å². The van der Waals surface area contributed by atoms with Crippen molar-refractivity contribution in [2.45, 2.75) is 44.1 Å². The average Bonchev–Trinajstić information content (AvgIpc) is 2.41. The predicted octanol–water partition coefficient (Wildman–Crippen LogP) is 3.44. The van der Waals surface area contributed by atoms with Crippen LogP contribution < -0.4 is 4.74 Å². The molecule has 0 radical (unpaired) electrons. The molecular formula is C15H21FO2. The molecule has 3 heteroatoms. The minimum Gasteiger partial charge on any atom is -0.494 e. The maximum atomic E-state index is 11.9. The summed E-state index contributed by atoms with van der Waals surface area (Å²) < 4.78 is 17.4. The molecule has 0 amide bonds. The SMILES string of the molecule is OC1CCC(c2ccc(OCCCF)cc2)CC1. The van der Waals surface area contributed by atoms with E-state index in [1.165, 1.54) is 5.56 Å². The number of halogens is 1. The third-order valence-corrected chi connectivity index (χ3v) is 3.59. The molecule has 0 spiro atoms. The number of benzene rings is 1. The molecule has 0 bridgehead atoms. The molecule has 0 atom stereocenters. The third kappa shape index (κ3) is 3.70. The Hall–Kier alpha value is -1.09. The quantitative estimate of drug-likeness (QED) is 0.813. The van der Waals surface area contributed by atoms with Gasteiger partial charge in [0.2, 0.25) is 0 Å². The van der Waals surface area contributed by atoms with Crippen molar-refractivity contribution >= 4 is 0 Å². The van der Waals surface area contributed by atoms with Crippen molar-refractivity contribution in [1.29, 1.82) is 0 Å². The fourth-order valence-corrected chi connectivity index (χ4v) is 2.49. The maximum Gasteiger partial charge on any atom is 0.119 e. The molecule has 1 aromatic carbocycles. The molecule has 1 N–H and O–H groups in total. The van der Waals surface area contributed by atoms with E-state index in [1.807, 2.05) is 12.1 Å². The van der Waals surface area contributed by atoms with Crippen LogP contribution >= 0.6 is 0 Å². The zero-order valence-electron chi connectivity index (χ0n) is 10.6. The Balaban J connectivity index is 1.87. The molecular weight excluding hydrogens is 231 g/mol. The smallest absolute Gasteiger partial charge is 0.119 e.